The molecule has 3 atom stereocenters. The first-order valence-electron chi connectivity index (χ1n) is 13.3. The average Bonchev–Trinajstić information content (AvgIpc) is 3.45. The quantitative estimate of drug-likeness (QED) is 0.158. The minimum absolute atomic E-state index is 0.0298. The lowest BCUT2D eigenvalue weighted by atomic mass is 9.94. The van der Waals surface area contributed by atoms with Crippen LogP contribution in [-0.2, 0) is 22.9 Å². The van der Waals surface area contributed by atoms with Crippen LogP contribution in [0.25, 0.3) is 0 Å². The Morgan fingerprint density at radius 2 is 1.79 bits per heavy atom. The van der Waals surface area contributed by atoms with Crippen LogP contribution in [-0.4, -0.2) is 53.9 Å². The topological polar surface area (TPSA) is 172 Å². The predicted molar refractivity (Wildman–Crippen MR) is 152 cm³/mol. The maximum Gasteiger partial charge on any atom is 0.421 e. The van der Waals surface area contributed by atoms with Crippen LogP contribution in [0.4, 0.5) is 4.79 Å². The molecule has 0 bridgehead atoms. The number of nitrogens with two attached hydrogens (primary N) is 1. The van der Waals surface area contributed by atoms with E-state index < -0.39 is 33.3 Å². The van der Waals surface area contributed by atoms with Gasteiger partial charge in [0.15, 0.2) is 21.3 Å². The molecule has 1 amide bonds. The summed E-state index contributed by atoms with van der Waals surface area (Å²) < 4.78 is 44.1. The van der Waals surface area contributed by atoms with Gasteiger partial charge in [-0.25, -0.2) is 24.1 Å². The van der Waals surface area contributed by atoms with Gasteiger partial charge in [0.1, 0.15) is 12.4 Å². The zero-order valence-corrected chi connectivity index (χ0v) is 24.0. The highest BCUT2D eigenvalue weighted by Gasteiger charge is 2.42. The minimum Gasteiger partial charge on any atom is -0.489 e. The number of rotatable bonds is 12. The van der Waals surface area contributed by atoms with E-state index in [1.54, 1.807) is 42.5 Å². The molecule has 0 saturated carbocycles. The number of aliphatic hydroxyl groups excluding tert-OH is 1. The average molecular weight is 596 g/mol. The highest BCUT2D eigenvalue weighted by Crippen LogP contribution is 2.36. The van der Waals surface area contributed by atoms with E-state index in [1.807, 2.05) is 19.9 Å². The summed E-state index contributed by atoms with van der Waals surface area (Å²) >= 11 is 0. The fourth-order valence-electron chi connectivity index (χ4n) is 4.78. The standard InChI is InChI=1S/C30H33N3O8S/c1-19(2)12-28(42(37,38)24-10-11-26-27(15-24)41-18-40-26)29(34)25(33(32)30(35)36)14-20-6-8-23(9-7-20)39-17-22-5-3-4-21(13-22)16-31/h3-11,13,15,19,25,28-29,34H,12,14,17-18,32H2,1-2H3,(H,35,36)/t25-,28?,29+/m0/s1. The van der Waals surface area contributed by atoms with Crippen LogP contribution in [0, 0.1) is 17.2 Å². The lowest BCUT2D eigenvalue weighted by Gasteiger charge is -2.34. The highest BCUT2D eigenvalue weighted by molar-refractivity contribution is 7.92. The van der Waals surface area contributed by atoms with E-state index >= 15 is 0 Å². The van der Waals surface area contributed by atoms with E-state index in [-0.39, 0.29) is 42.8 Å². The normalized spacial score (nSPS) is 14.6. The largest absolute Gasteiger partial charge is 0.489 e. The van der Waals surface area contributed by atoms with Gasteiger partial charge in [0.25, 0.3) is 0 Å². The third-order valence-electron chi connectivity index (χ3n) is 6.96. The number of hydrogen-bond acceptors (Lipinski definition) is 9. The number of amides is 1. The predicted octanol–water partition coefficient (Wildman–Crippen LogP) is 3.88. The molecule has 11 nitrogen and oxygen atoms in total. The second-order valence-electron chi connectivity index (χ2n) is 10.4. The van der Waals surface area contributed by atoms with E-state index in [0.29, 0.717) is 27.6 Å². The monoisotopic (exact) mass is 595 g/mol. The summed E-state index contributed by atoms with van der Waals surface area (Å²) in [5.41, 5.74) is 1.96. The SMILES string of the molecule is CC(C)CC([C@H](O)[C@H](Cc1ccc(OCc2cccc(C#N)c2)cc1)N(N)C(=O)O)S(=O)(=O)c1ccc2c(c1)OCO2. The molecule has 1 aliphatic rings. The number of nitrogens with zero attached hydrogens (tertiary/aromatic N) is 2. The van der Waals surface area contributed by atoms with Gasteiger partial charge < -0.3 is 24.4 Å². The summed E-state index contributed by atoms with van der Waals surface area (Å²) in [5.74, 6) is 6.97. The second-order valence-corrected chi connectivity index (χ2v) is 12.6. The van der Waals surface area contributed by atoms with Gasteiger partial charge in [-0.2, -0.15) is 5.26 Å². The van der Waals surface area contributed by atoms with Crippen LogP contribution in [0.15, 0.2) is 71.6 Å². The van der Waals surface area contributed by atoms with Gasteiger partial charge in [-0.15, -0.1) is 0 Å². The highest BCUT2D eigenvalue weighted by atomic mass is 32.2. The Kier molecular flexibility index (Phi) is 9.57. The van der Waals surface area contributed by atoms with Gasteiger partial charge in [0.2, 0.25) is 6.79 Å². The Bertz CT molecular complexity index is 1550. The van der Waals surface area contributed by atoms with Gasteiger partial charge in [-0.05, 0) is 66.3 Å². The smallest absolute Gasteiger partial charge is 0.421 e. The first-order valence-corrected chi connectivity index (χ1v) is 14.8. The Labute approximate surface area is 244 Å². The Morgan fingerprint density at radius 3 is 2.45 bits per heavy atom. The van der Waals surface area contributed by atoms with Gasteiger partial charge in [0, 0.05) is 6.07 Å². The first kappa shape index (κ1) is 30.6. The Morgan fingerprint density at radius 1 is 1.07 bits per heavy atom. The summed E-state index contributed by atoms with van der Waals surface area (Å²) in [4.78, 5) is 11.8. The van der Waals surface area contributed by atoms with Crippen LogP contribution in [0.3, 0.4) is 0 Å². The third kappa shape index (κ3) is 7.12. The van der Waals surface area contributed by atoms with Gasteiger partial charge in [-0.3, -0.25) is 0 Å². The molecule has 42 heavy (non-hydrogen) atoms. The lowest BCUT2D eigenvalue weighted by molar-refractivity contribution is 0.0422. The van der Waals surface area contributed by atoms with Crippen molar-refractivity contribution < 1.29 is 37.6 Å². The first-order chi connectivity index (χ1) is 20.0. The molecule has 1 heterocycles. The minimum atomic E-state index is -4.16. The van der Waals surface area contributed by atoms with Crippen molar-refractivity contribution in [3.05, 3.63) is 83.4 Å². The van der Waals surface area contributed by atoms with Crippen LogP contribution in [0.5, 0.6) is 17.2 Å². The molecule has 0 radical (unpaired) electrons. The number of ether oxygens (including phenoxy) is 3. The summed E-state index contributed by atoms with van der Waals surface area (Å²) in [5, 5.41) is 29.4. The lowest BCUT2D eigenvalue weighted by Crippen LogP contribution is -2.56. The molecule has 222 valence electrons. The number of hydrogen-bond donors (Lipinski definition) is 3. The number of carbonyl (C=O) groups is 1. The molecule has 3 aromatic rings. The second kappa shape index (κ2) is 13.1. The van der Waals surface area contributed by atoms with Crippen molar-refractivity contribution in [2.24, 2.45) is 11.8 Å². The van der Waals surface area contributed by atoms with Crippen LogP contribution in [0.2, 0.25) is 0 Å². The number of nitriles is 1. The zero-order chi connectivity index (χ0) is 30.4. The van der Waals surface area contributed by atoms with Crippen molar-refractivity contribution in [3.63, 3.8) is 0 Å². The molecule has 0 saturated heterocycles. The van der Waals surface area contributed by atoms with Crippen molar-refractivity contribution in [1.29, 1.82) is 5.26 Å². The Hall–Kier alpha value is -4.31. The van der Waals surface area contributed by atoms with Crippen LogP contribution in [0.1, 0.15) is 37.0 Å². The van der Waals surface area contributed by atoms with Crippen molar-refractivity contribution in [2.75, 3.05) is 6.79 Å². The molecule has 12 heteroatoms. The molecule has 0 spiro atoms. The molecule has 0 aliphatic carbocycles. The zero-order valence-electron chi connectivity index (χ0n) is 23.2. The number of aliphatic hydroxyl groups is 1. The number of benzene rings is 3. The van der Waals surface area contributed by atoms with Crippen molar-refractivity contribution in [1.82, 2.24) is 5.01 Å². The van der Waals surface area contributed by atoms with Crippen LogP contribution < -0.4 is 20.1 Å². The van der Waals surface area contributed by atoms with Crippen molar-refractivity contribution in [2.45, 2.75) is 55.6 Å². The fourth-order valence-corrected chi connectivity index (χ4v) is 6.84. The van der Waals surface area contributed by atoms with E-state index in [4.69, 9.17) is 25.3 Å². The maximum atomic E-state index is 13.8. The molecule has 1 aliphatic heterocycles. The molecule has 4 rings (SSSR count). The number of carboxylic acid groups (broad SMARTS) is 1. The van der Waals surface area contributed by atoms with E-state index in [2.05, 4.69) is 6.07 Å². The third-order valence-corrected chi connectivity index (χ3v) is 9.14. The summed E-state index contributed by atoms with van der Waals surface area (Å²) in [7, 11) is -4.16. The van der Waals surface area contributed by atoms with E-state index in [1.165, 1.54) is 18.2 Å². The van der Waals surface area contributed by atoms with Crippen molar-refractivity contribution in [3.8, 4) is 23.3 Å². The Balaban J connectivity index is 1.56. The van der Waals surface area contributed by atoms with Gasteiger partial charge >= 0.3 is 6.09 Å². The number of hydrazine groups is 1. The molecular formula is C30H33N3O8S. The number of sulfone groups is 1. The molecule has 0 aromatic heterocycles. The summed E-state index contributed by atoms with van der Waals surface area (Å²) in [6, 6.07) is 18.8. The molecule has 0 fully saturated rings. The summed E-state index contributed by atoms with van der Waals surface area (Å²) in [6.07, 6.45) is -3.17. The van der Waals surface area contributed by atoms with E-state index in [9.17, 15) is 23.4 Å². The molecule has 4 N–H and O–H groups in total. The molecule has 3 aromatic carbocycles. The molecule has 1 unspecified atom stereocenters. The van der Waals surface area contributed by atoms with Crippen LogP contribution >= 0.6 is 0 Å². The van der Waals surface area contributed by atoms with E-state index in [0.717, 1.165) is 5.56 Å². The number of fused-ring (bicyclic) bond motifs is 1. The van der Waals surface area contributed by atoms with Crippen molar-refractivity contribution >= 4 is 15.9 Å². The molecular weight excluding hydrogens is 562 g/mol. The maximum absolute atomic E-state index is 13.8. The van der Waals surface area contributed by atoms with Gasteiger partial charge in [0.05, 0.1) is 33.9 Å². The summed E-state index contributed by atoms with van der Waals surface area (Å²) in [6.45, 7) is 3.84. The van der Waals surface area contributed by atoms with Gasteiger partial charge in [-0.1, -0.05) is 38.1 Å². The fraction of sp³-hybridized carbons (Fsp3) is 0.333.